The second-order valence-electron chi connectivity index (χ2n) is 8.36. The summed E-state index contributed by atoms with van der Waals surface area (Å²) in [5, 5.41) is 7.05. The summed E-state index contributed by atoms with van der Waals surface area (Å²) < 4.78 is 23.2. The predicted molar refractivity (Wildman–Crippen MR) is 98.9 cm³/mol. The van der Waals surface area contributed by atoms with Gasteiger partial charge >= 0.3 is 0 Å². The Balaban J connectivity index is 1.56. The lowest BCUT2D eigenvalue weighted by atomic mass is 9.79. The van der Waals surface area contributed by atoms with Crippen molar-refractivity contribution in [2.45, 2.75) is 70.9 Å². The maximum absolute atomic E-state index is 11.6. The highest BCUT2D eigenvalue weighted by Crippen LogP contribution is 2.42. The molecule has 0 amide bonds. The summed E-state index contributed by atoms with van der Waals surface area (Å²) in [5.41, 5.74) is 0. The van der Waals surface area contributed by atoms with E-state index in [0.29, 0.717) is 30.1 Å². The van der Waals surface area contributed by atoms with Crippen LogP contribution in [0.1, 0.15) is 58.8 Å². The first-order valence-electron chi connectivity index (χ1n) is 9.69. The number of hydrogen-bond acceptors (Lipinski definition) is 3. The van der Waals surface area contributed by atoms with E-state index in [-0.39, 0.29) is 5.92 Å². The Bertz CT molecular complexity index is 559. The van der Waals surface area contributed by atoms with Crippen LogP contribution in [-0.4, -0.2) is 44.5 Å². The van der Waals surface area contributed by atoms with Gasteiger partial charge in [-0.2, -0.15) is 0 Å². The van der Waals surface area contributed by atoms with Crippen LogP contribution < -0.4 is 10.6 Å². The summed E-state index contributed by atoms with van der Waals surface area (Å²) >= 11 is 0. The second kappa shape index (κ2) is 7.63. The van der Waals surface area contributed by atoms with Crippen molar-refractivity contribution in [2.24, 2.45) is 22.7 Å². The number of fused-ring (bicyclic) bond motifs is 1. The number of aliphatic imine (C=N–C) groups is 1. The van der Waals surface area contributed by atoms with E-state index >= 15 is 0 Å². The van der Waals surface area contributed by atoms with Gasteiger partial charge in [-0.15, -0.1) is 0 Å². The van der Waals surface area contributed by atoms with Gasteiger partial charge in [0.15, 0.2) is 15.8 Å². The Hall–Kier alpha value is -0.780. The normalized spacial score (nSPS) is 35.9. The third-order valence-corrected chi connectivity index (χ3v) is 7.73. The van der Waals surface area contributed by atoms with Gasteiger partial charge in [-0.3, -0.25) is 4.99 Å². The lowest BCUT2D eigenvalue weighted by molar-refractivity contribution is 0.239. The average Bonchev–Trinajstić information content (AvgIpc) is 3.09. The van der Waals surface area contributed by atoms with Crippen LogP contribution in [0.3, 0.4) is 0 Å². The molecular weight excluding hydrogens is 322 g/mol. The van der Waals surface area contributed by atoms with Crippen LogP contribution in [0.15, 0.2) is 4.99 Å². The number of guanidine groups is 1. The standard InChI is InChI=1S/C18H33N3O2S/c1-13(2)20-18(19-11-14-8-9-24(22,23)12-14)21-17-7-6-15-4-3-5-16(15)10-17/h13-17H,3-12H2,1-2H3,(H2,19,20,21). The van der Waals surface area contributed by atoms with Gasteiger partial charge < -0.3 is 10.6 Å². The summed E-state index contributed by atoms with van der Waals surface area (Å²) in [5.74, 6) is 3.56. The van der Waals surface area contributed by atoms with E-state index in [1.807, 2.05) is 0 Å². The molecule has 1 saturated heterocycles. The van der Waals surface area contributed by atoms with Crippen LogP contribution in [0.4, 0.5) is 0 Å². The molecule has 4 atom stereocenters. The molecular formula is C18H33N3O2S. The topological polar surface area (TPSA) is 70.6 Å². The maximum atomic E-state index is 11.6. The van der Waals surface area contributed by atoms with Crippen molar-refractivity contribution in [3.63, 3.8) is 0 Å². The quantitative estimate of drug-likeness (QED) is 0.600. The minimum absolute atomic E-state index is 0.186. The van der Waals surface area contributed by atoms with Gasteiger partial charge in [-0.25, -0.2) is 8.42 Å². The monoisotopic (exact) mass is 355 g/mol. The molecule has 4 unspecified atom stereocenters. The minimum Gasteiger partial charge on any atom is -0.354 e. The third kappa shape index (κ3) is 4.87. The van der Waals surface area contributed by atoms with Crippen molar-refractivity contribution in [1.82, 2.24) is 10.6 Å². The summed E-state index contributed by atoms with van der Waals surface area (Å²) in [6.07, 6.45) is 8.83. The number of sulfone groups is 1. The minimum atomic E-state index is -2.81. The Morgan fingerprint density at radius 2 is 1.92 bits per heavy atom. The Morgan fingerprint density at radius 1 is 1.12 bits per heavy atom. The predicted octanol–water partition coefficient (Wildman–Crippen LogP) is 2.33. The lowest BCUT2D eigenvalue weighted by Gasteiger charge is -2.33. The lowest BCUT2D eigenvalue weighted by Crippen LogP contribution is -2.48. The molecule has 138 valence electrons. The van der Waals surface area contributed by atoms with E-state index in [2.05, 4.69) is 24.5 Å². The fraction of sp³-hybridized carbons (Fsp3) is 0.944. The van der Waals surface area contributed by atoms with E-state index < -0.39 is 9.84 Å². The van der Waals surface area contributed by atoms with Gasteiger partial charge in [0, 0.05) is 18.6 Å². The first-order valence-corrected chi connectivity index (χ1v) is 11.5. The molecule has 0 aromatic carbocycles. The van der Waals surface area contributed by atoms with Gasteiger partial charge in [0.25, 0.3) is 0 Å². The molecule has 0 aromatic rings. The van der Waals surface area contributed by atoms with Crippen molar-refractivity contribution in [3.8, 4) is 0 Å². The molecule has 2 aliphatic carbocycles. The first-order chi connectivity index (χ1) is 11.4. The molecule has 2 N–H and O–H groups in total. The van der Waals surface area contributed by atoms with Crippen LogP contribution in [0, 0.1) is 17.8 Å². The van der Waals surface area contributed by atoms with Crippen LogP contribution in [0.5, 0.6) is 0 Å². The zero-order valence-corrected chi connectivity index (χ0v) is 15.9. The Labute approximate surface area is 147 Å². The zero-order valence-electron chi connectivity index (χ0n) is 15.1. The maximum Gasteiger partial charge on any atom is 0.191 e. The Morgan fingerprint density at radius 3 is 2.62 bits per heavy atom. The van der Waals surface area contributed by atoms with E-state index in [0.717, 1.165) is 24.2 Å². The van der Waals surface area contributed by atoms with Crippen LogP contribution >= 0.6 is 0 Å². The second-order valence-corrected chi connectivity index (χ2v) is 10.6. The van der Waals surface area contributed by atoms with Crippen LogP contribution in [0.25, 0.3) is 0 Å². The number of nitrogens with zero attached hydrogens (tertiary/aromatic N) is 1. The van der Waals surface area contributed by atoms with E-state index in [4.69, 9.17) is 4.99 Å². The van der Waals surface area contributed by atoms with E-state index in [1.165, 1.54) is 38.5 Å². The number of hydrogen-bond donors (Lipinski definition) is 2. The molecule has 0 radical (unpaired) electrons. The molecule has 6 heteroatoms. The van der Waals surface area contributed by atoms with Gasteiger partial charge in [0.1, 0.15) is 0 Å². The molecule has 0 spiro atoms. The van der Waals surface area contributed by atoms with Crippen molar-refractivity contribution in [3.05, 3.63) is 0 Å². The van der Waals surface area contributed by atoms with Gasteiger partial charge in [-0.1, -0.05) is 19.3 Å². The highest BCUT2D eigenvalue weighted by atomic mass is 32.2. The summed E-state index contributed by atoms with van der Waals surface area (Å²) in [6, 6.07) is 0.841. The molecule has 5 nitrogen and oxygen atoms in total. The zero-order chi connectivity index (χ0) is 17.2. The van der Waals surface area contributed by atoms with Crippen LogP contribution in [0.2, 0.25) is 0 Å². The third-order valence-electron chi connectivity index (χ3n) is 5.89. The molecule has 3 aliphatic rings. The van der Waals surface area contributed by atoms with E-state index in [1.54, 1.807) is 0 Å². The molecule has 24 heavy (non-hydrogen) atoms. The largest absolute Gasteiger partial charge is 0.354 e. The van der Waals surface area contributed by atoms with Crippen LogP contribution in [-0.2, 0) is 9.84 Å². The van der Waals surface area contributed by atoms with Gasteiger partial charge in [0.05, 0.1) is 11.5 Å². The smallest absolute Gasteiger partial charge is 0.191 e. The Kier molecular flexibility index (Phi) is 5.73. The molecule has 3 rings (SSSR count). The van der Waals surface area contributed by atoms with Gasteiger partial charge in [-0.05, 0) is 57.3 Å². The summed E-state index contributed by atoms with van der Waals surface area (Å²) in [6.45, 7) is 4.84. The number of nitrogens with one attached hydrogen (secondary N) is 2. The average molecular weight is 356 g/mol. The molecule has 3 fully saturated rings. The molecule has 2 saturated carbocycles. The van der Waals surface area contributed by atoms with Crippen molar-refractivity contribution < 1.29 is 8.42 Å². The van der Waals surface area contributed by atoms with Crippen molar-refractivity contribution >= 4 is 15.8 Å². The first kappa shape index (κ1) is 18.0. The SMILES string of the molecule is CC(C)NC(=NCC1CCS(=O)(=O)C1)NC1CCC2CCCC2C1. The van der Waals surface area contributed by atoms with Gasteiger partial charge in [0.2, 0.25) is 0 Å². The fourth-order valence-electron chi connectivity index (χ4n) is 4.67. The number of rotatable bonds is 4. The van der Waals surface area contributed by atoms with Crippen molar-refractivity contribution in [2.75, 3.05) is 18.1 Å². The molecule has 0 aromatic heterocycles. The molecule has 1 aliphatic heterocycles. The highest BCUT2D eigenvalue weighted by Gasteiger charge is 2.34. The highest BCUT2D eigenvalue weighted by molar-refractivity contribution is 7.91. The van der Waals surface area contributed by atoms with Crippen molar-refractivity contribution in [1.29, 1.82) is 0 Å². The summed E-state index contributed by atoms with van der Waals surface area (Å²) in [7, 11) is -2.81. The van der Waals surface area contributed by atoms with E-state index in [9.17, 15) is 8.42 Å². The fourth-order valence-corrected chi connectivity index (χ4v) is 6.52. The molecule has 0 bridgehead atoms. The summed E-state index contributed by atoms with van der Waals surface area (Å²) in [4.78, 5) is 4.72. The molecule has 1 heterocycles.